The van der Waals surface area contributed by atoms with E-state index in [-0.39, 0.29) is 28.6 Å². The van der Waals surface area contributed by atoms with Gasteiger partial charge in [0.05, 0.1) is 4.90 Å². The highest BCUT2D eigenvalue weighted by Gasteiger charge is 2.24. The summed E-state index contributed by atoms with van der Waals surface area (Å²) in [4.78, 5) is 14.7. The maximum atomic E-state index is 13.1. The summed E-state index contributed by atoms with van der Waals surface area (Å²) in [5, 5.41) is 2.90. The summed E-state index contributed by atoms with van der Waals surface area (Å²) in [5.41, 5.74) is 1.28. The van der Waals surface area contributed by atoms with Crippen LogP contribution in [-0.2, 0) is 10.0 Å². The zero-order valence-corrected chi connectivity index (χ0v) is 17.4. The van der Waals surface area contributed by atoms with Crippen LogP contribution in [0.25, 0.3) is 0 Å². The second-order valence-corrected chi connectivity index (χ2v) is 9.30. The van der Waals surface area contributed by atoms with Gasteiger partial charge in [-0.15, -0.1) is 0 Å². The number of halogens is 1. The molecule has 2 N–H and O–H groups in total. The van der Waals surface area contributed by atoms with Crippen molar-refractivity contribution in [3.8, 4) is 0 Å². The highest BCUT2D eigenvalue weighted by atomic mass is 32.2. The molecule has 1 aliphatic heterocycles. The van der Waals surface area contributed by atoms with Crippen molar-refractivity contribution in [2.75, 3.05) is 24.5 Å². The Labute approximate surface area is 171 Å². The molecule has 1 unspecified atom stereocenters. The number of sulfonamides is 1. The fourth-order valence-corrected chi connectivity index (χ4v) is 4.70. The third-order valence-electron chi connectivity index (χ3n) is 4.83. The molecule has 1 atom stereocenters. The van der Waals surface area contributed by atoms with Gasteiger partial charge < -0.3 is 10.2 Å². The molecule has 0 radical (unpaired) electrons. The minimum Gasteiger partial charge on any atom is -0.371 e. The van der Waals surface area contributed by atoms with Gasteiger partial charge in [-0.05, 0) is 68.7 Å². The van der Waals surface area contributed by atoms with Crippen molar-refractivity contribution in [2.24, 2.45) is 5.92 Å². The summed E-state index contributed by atoms with van der Waals surface area (Å²) in [7, 11) is -3.65. The predicted molar refractivity (Wildman–Crippen MR) is 111 cm³/mol. The number of benzene rings is 2. The third kappa shape index (κ3) is 5.55. The van der Waals surface area contributed by atoms with E-state index in [4.69, 9.17) is 0 Å². The first kappa shape index (κ1) is 21.3. The third-order valence-corrected chi connectivity index (χ3v) is 6.48. The normalized spacial score (nSPS) is 17.0. The minimum absolute atomic E-state index is 0.0715. The van der Waals surface area contributed by atoms with Crippen LogP contribution < -0.4 is 14.9 Å². The van der Waals surface area contributed by atoms with Gasteiger partial charge in [-0.2, -0.15) is 0 Å². The van der Waals surface area contributed by atoms with E-state index < -0.39 is 10.0 Å². The lowest BCUT2D eigenvalue weighted by molar-refractivity contribution is 0.0948. The fourth-order valence-electron chi connectivity index (χ4n) is 3.41. The lowest BCUT2D eigenvalue weighted by Gasteiger charge is -2.19. The highest BCUT2D eigenvalue weighted by molar-refractivity contribution is 7.89. The SMILES string of the molecule is CC(C)NS(=O)(=O)c1cccc(C(=O)NCC2CCN(c3ccc(F)cc3)C2)c1. The predicted octanol–water partition coefficient (Wildman–Crippen LogP) is 2.77. The summed E-state index contributed by atoms with van der Waals surface area (Å²) in [6.45, 7) is 5.60. The van der Waals surface area contributed by atoms with E-state index in [1.807, 2.05) is 0 Å². The molecule has 1 fully saturated rings. The number of anilines is 1. The number of hydrogen-bond donors (Lipinski definition) is 2. The molecular formula is C21H26FN3O3S. The van der Waals surface area contributed by atoms with E-state index in [1.165, 1.54) is 24.3 Å². The molecule has 0 spiro atoms. The zero-order chi connectivity index (χ0) is 21.0. The van der Waals surface area contributed by atoms with Gasteiger partial charge in [0.1, 0.15) is 5.82 Å². The molecule has 1 amide bonds. The number of carbonyl (C=O) groups excluding carboxylic acids is 1. The van der Waals surface area contributed by atoms with Crippen molar-refractivity contribution in [2.45, 2.75) is 31.2 Å². The quantitative estimate of drug-likeness (QED) is 0.723. The summed E-state index contributed by atoms with van der Waals surface area (Å²) in [6, 6.07) is 12.2. The van der Waals surface area contributed by atoms with Crippen LogP contribution in [0.1, 0.15) is 30.6 Å². The largest absolute Gasteiger partial charge is 0.371 e. The summed E-state index contributed by atoms with van der Waals surface area (Å²) in [6.07, 6.45) is 0.921. The first-order valence-corrected chi connectivity index (χ1v) is 11.1. The van der Waals surface area contributed by atoms with E-state index in [9.17, 15) is 17.6 Å². The van der Waals surface area contributed by atoms with Crippen molar-refractivity contribution < 1.29 is 17.6 Å². The first-order valence-electron chi connectivity index (χ1n) is 9.66. The van der Waals surface area contributed by atoms with Crippen LogP contribution in [0.2, 0.25) is 0 Å². The summed E-state index contributed by atoms with van der Waals surface area (Å²) >= 11 is 0. The lowest BCUT2D eigenvalue weighted by Crippen LogP contribution is -2.32. The average Bonchev–Trinajstić information content (AvgIpc) is 3.15. The van der Waals surface area contributed by atoms with Crippen molar-refractivity contribution >= 4 is 21.6 Å². The van der Waals surface area contributed by atoms with E-state index in [0.717, 1.165) is 25.2 Å². The number of carbonyl (C=O) groups is 1. The topological polar surface area (TPSA) is 78.5 Å². The molecule has 29 heavy (non-hydrogen) atoms. The van der Waals surface area contributed by atoms with E-state index in [0.29, 0.717) is 12.1 Å². The molecule has 156 valence electrons. The van der Waals surface area contributed by atoms with Crippen LogP contribution in [-0.4, -0.2) is 40.0 Å². The van der Waals surface area contributed by atoms with Crippen molar-refractivity contribution in [3.05, 3.63) is 59.9 Å². The summed E-state index contributed by atoms with van der Waals surface area (Å²) < 4.78 is 40.2. The molecule has 2 aromatic carbocycles. The van der Waals surface area contributed by atoms with Crippen LogP contribution in [0.4, 0.5) is 10.1 Å². The summed E-state index contributed by atoms with van der Waals surface area (Å²) in [5.74, 6) is -0.282. The molecule has 2 aromatic rings. The van der Waals surface area contributed by atoms with Gasteiger partial charge in [-0.3, -0.25) is 4.79 Å². The first-order chi connectivity index (χ1) is 13.7. The van der Waals surface area contributed by atoms with Crippen LogP contribution >= 0.6 is 0 Å². The Balaban J connectivity index is 1.57. The number of nitrogens with zero attached hydrogens (tertiary/aromatic N) is 1. The number of nitrogens with one attached hydrogen (secondary N) is 2. The monoisotopic (exact) mass is 419 g/mol. The second kappa shape index (κ2) is 8.92. The Morgan fingerprint density at radius 2 is 1.93 bits per heavy atom. The van der Waals surface area contributed by atoms with Gasteiger partial charge in [0.2, 0.25) is 10.0 Å². The van der Waals surface area contributed by atoms with E-state index >= 15 is 0 Å². The maximum Gasteiger partial charge on any atom is 0.251 e. The van der Waals surface area contributed by atoms with Crippen LogP contribution in [0.15, 0.2) is 53.4 Å². The zero-order valence-electron chi connectivity index (χ0n) is 16.6. The average molecular weight is 420 g/mol. The molecule has 3 rings (SSSR count). The molecule has 1 heterocycles. The van der Waals surface area contributed by atoms with Crippen molar-refractivity contribution in [1.82, 2.24) is 10.0 Å². The minimum atomic E-state index is -3.65. The van der Waals surface area contributed by atoms with E-state index in [1.54, 1.807) is 38.1 Å². The molecule has 0 saturated carbocycles. The van der Waals surface area contributed by atoms with E-state index in [2.05, 4.69) is 14.9 Å². The molecule has 0 aliphatic carbocycles. The lowest BCUT2D eigenvalue weighted by atomic mass is 10.1. The van der Waals surface area contributed by atoms with Gasteiger partial charge in [-0.25, -0.2) is 17.5 Å². The Bertz CT molecular complexity index is 961. The Morgan fingerprint density at radius 1 is 1.21 bits per heavy atom. The Morgan fingerprint density at radius 3 is 2.62 bits per heavy atom. The molecule has 0 aromatic heterocycles. The van der Waals surface area contributed by atoms with Crippen LogP contribution in [0, 0.1) is 11.7 Å². The second-order valence-electron chi connectivity index (χ2n) is 7.59. The highest BCUT2D eigenvalue weighted by Crippen LogP contribution is 2.23. The fraction of sp³-hybridized carbons (Fsp3) is 0.381. The smallest absolute Gasteiger partial charge is 0.251 e. The molecular weight excluding hydrogens is 393 g/mol. The molecule has 1 aliphatic rings. The number of amides is 1. The Hall–Kier alpha value is -2.45. The van der Waals surface area contributed by atoms with Crippen LogP contribution in [0.5, 0.6) is 0 Å². The van der Waals surface area contributed by atoms with Crippen molar-refractivity contribution in [1.29, 1.82) is 0 Å². The van der Waals surface area contributed by atoms with Gasteiger partial charge >= 0.3 is 0 Å². The van der Waals surface area contributed by atoms with Gasteiger partial charge in [0.15, 0.2) is 0 Å². The van der Waals surface area contributed by atoms with Gasteiger partial charge in [0, 0.05) is 36.9 Å². The van der Waals surface area contributed by atoms with Gasteiger partial charge in [0.25, 0.3) is 5.91 Å². The molecule has 0 bridgehead atoms. The van der Waals surface area contributed by atoms with Crippen LogP contribution in [0.3, 0.4) is 0 Å². The maximum absolute atomic E-state index is 13.1. The van der Waals surface area contributed by atoms with Crippen molar-refractivity contribution in [3.63, 3.8) is 0 Å². The molecule has 8 heteroatoms. The molecule has 1 saturated heterocycles. The Kier molecular flexibility index (Phi) is 6.54. The standard InChI is InChI=1S/C21H26FN3O3S/c1-15(2)24-29(27,28)20-5-3-4-17(12-20)21(26)23-13-16-10-11-25(14-16)19-8-6-18(22)7-9-19/h3-9,12,15-16,24H,10-11,13-14H2,1-2H3,(H,23,26). The number of rotatable bonds is 7. The molecule has 6 nitrogen and oxygen atoms in total. The van der Waals surface area contributed by atoms with Gasteiger partial charge in [-0.1, -0.05) is 6.07 Å². The number of hydrogen-bond acceptors (Lipinski definition) is 4.